The Morgan fingerprint density at radius 2 is 1.96 bits per heavy atom. The first-order valence-corrected chi connectivity index (χ1v) is 9.47. The number of nitrogens with zero attached hydrogens (tertiary/aromatic N) is 1. The lowest BCUT2D eigenvalue weighted by atomic mass is 9.84. The standard InChI is InChI=1S/C21H34N2O2/c1-16-10-12-23(13-11-16)17(2)15-22-20(24)21(3,4)14-18-8-6-7-9-19(18)25-5/h6-9,16-17H,10-15H2,1-5H3,(H,22,24). The minimum Gasteiger partial charge on any atom is -0.496 e. The van der Waals surface area contributed by atoms with Gasteiger partial charge in [0, 0.05) is 18.0 Å². The molecule has 0 radical (unpaired) electrons. The van der Waals surface area contributed by atoms with E-state index in [-0.39, 0.29) is 5.91 Å². The summed E-state index contributed by atoms with van der Waals surface area (Å²) in [6.07, 6.45) is 3.19. The Kier molecular flexibility index (Phi) is 6.88. The summed E-state index contributed by atoms with van der Waals surface area (Å²) in [4.78, 5) is 15.2. The Hall–Kier alpha value is -1.55. The zero-order chi connectivity index (χ0) is 18.4. The van der Waals surface area contributed by atoms with Crippen molar-refractivity contribution in [3.8, 4) is 5.75 Å². The molecule has 0 aliphatic carbocycles. The molecule has 1 fully saturated rings. The van der Waals surface area contributed by atoms with Crippen LogP contribution in [0.4, 0.5) is 0 Å². The number of nitrogens with one attached hydrogen (secondary N) is 1. The van der Waals surface area contributed by atoms with Crippen molar-refractivity contribution in [1.29, 1.82) is 0 Å². The average molecular weight is 347 g/mol. The molecule has 1 aromatic rings. The molecule has 1 amide bonds. The van der Waals surface area contributed by atoms with Crippen LogP contribution < -0.4 is 10.1 Å². The van der Waals surface area contributed by atoms with Gasteiger partial charge in [-0.2, -0.15) is 0 Å². The number of piperidine rings is 1. The molecule has 1 N–H and O–H groups in total. The van der Waals surface area contributed by atoms with Crippen LogP contribution in [0.15, 0.2) is 24.3 Å². The SMILES string of the molecule is COc1ccccc1CC(C)(C)C(=O)NCC(C)N1CCC(C)CC1. The number of carbonyl (C=O) groups excluding carboxylic acids is 1. The van der Waals surface area contributed by atoms with Crippen molar-refractivity contribution in [2.45, 2.75) is 53.0 Å². The van der Waals surface area contributed by atoms with Crippen molar-refractivity contribution in [3.05, 3.63) is 29.8 Å². The maximum absolute atomic E-state index is 12.7. The van der Waals surface area contributed by atoms with E-state index in [9.17, 15) is 4.79 Å². The summed E-state index contributed by atoms with van der Waals surface area (Å²) in [6, 6.07) is 8.31. The van der Waals surface area contributed by atoms with E-state index in [0.717, 1.165) is 30.3 Å². The number of rotatable bonds is 7. The second-order valence-corrected chi connectivity index (χ2v) is 8.15. The fourth-order valence-corrected chi connectivity index (χ4v) is 3.48. The van der Waals surface area contributed by atoms with Gasteiger partial charge in [-0.05, 0) is 56.8 Å². The third kappa shape index (κ3) is 5.46. The molecule has 25 heavy (non-hydrogen) atoms. The summed E-state index contributed by atoms with van der Waals surface area (Å²) in [5.74, 6) is 1.78. The molecule has 1 aliphatic heterocycles. The highest BCUT2D eigenvalue weighted by molar-refractivity contribution is 5.82. The summed E-state index contributed by atoms with van der Waals surface area (Å²) in [5, 5.41) is 3.17. The second-order valence-electron chi connectivity index (χ2n) is 8.15. The van der Waals surface area contributed by atoms with Crippen molar-refractivity contribution in [3.63, 3.8) is 0 Å². The molecule has 1 heterocycles. The van der Waals surface area contributed by atoms with Gasteiger partial charge < -0.3 is 10.1 Å². The van der Waals surface area contributed by atoms with Crippen LogP contribution in [-0.2, 0) is 11.2 Å². The maximum atomic E-state index is 12.7. The van der Waals surface area contributed by atoms with Gasteiger partial charge in [-0.3, -0.25) is 9.69 Å². The monoisotopic (exact) mass is 346 g/mol. The van der Waals surface area contributed by atoms with Crippen molar-refractivity contribution < 1.29 is 9.53 Å². The zero-order valence-electron chi connectivity index (χ0n) is 16.5. The summed E-state index contributed by atoms with van der Waals surface area (Å²) < 4.78 is 5.42. The van der Waals surface area contributed by atoms with Gasteiger partial charge in [-0.1, -0.05) is 39.0 Å². The highest BCUT2D eigenvalue weighted by atomic mass is 16.5. The normalized spacial score (nSPS) is 18.0. The van der Waals surface area contributed by atoms with Gasteiger partial charge >= 0.3 is 0 Å². The molecule has 1 aliphatic rings. The van der Waals surface area contributed by atoms with Gasteiger partial charge in [0.1, 0.15) is 5.75 Å². The number of hydrogen-bond acceptors (Lipinski definition) is 3. The molecule has 4 heteroatoms. The number of hydrogen-bond donors (Lipinski definition) is 1. The maximum Gasteiger partial charge on any atom is 0.226 e. The second kappa shape index (κ2) is 8.70. The van der Waals surface area contributed by atoms with Gasteiger partial charge in [-0.25, -0.2) is 0 Å². The van der Waals surface area contributed by atoms with E-state index in [4.69, 9.17) is 4.74 Å². The molecule has 2 rings (SSSR count). The van der Waals surface area contributed by atoms with Crippen LogP contribution in [0.1, 0.15) is 46.1 Å². The topological polar surface area (TPSA) is 41.6 Å². The smallest absolute Gasteiger partial charge is 0.226 e. The number of carbonyl (C=O) groups is 1. The fourth-order valence-electron chi connectivity index (χ4n) is 3.48. The van der Waals surface area contributed by atoms with E-state index in [0.29, 0.717) is 19.0 Å². The Morgan fingerprint density at radius 3 is 2.60 bits per heavy atom. The van der Waals surface area contributed by atoms with Crippen LogP contribution >= 0.6 is 0 Å². The van der Waals surface area contributed by atoms with Crippen LogP contribution in [0, 0.1) is 11.3 Å². The lowest BCUT2D eigenvalue weighted by Gasteiger charge is -2.35. The molecule has 1 unspecified atom stereocenters. The van der Waals surface area contributed by atoms with Crippen LogP contribution in [0.25, 0.3) is 0 Å². The quantitative estimate of drug-likeness (QED) is 0.821. The number of benzene rings is 1. The molecule has 4 nitrogen and oxygen atoms in total. The first-order valence-electron chi connectivity index (χ1n) is 9.47. The molecular weight excluding hydrogens is 312 g/mol. The minimum absolute atomic E-state index is 0.107. The van der Waals surface area contributed by atoms with E-state index in [2.05, 4.69) is 24.1 Å². The van der Waals surface area contributed by atoms with Crippen molar-refractivity contribution in [1.82, 2.24) is 10.2 Å². The van der Waals surface area contributed by atoms with E-state index < -0.39 is 5.41 Å². The van der Waals surface area contributed by atoms with E-state index in [1.807, 2.05) is 38.1 Å². The van der Waals surface area contributed by atoms with Gasteiger partial charge in [0.15, 0.2) is 0 Å². The summed E-state index contributed by atoms with van der Waals surface area (Å²) in [5.41, 5.74) is 0.605. The first-order chi connectivity index (χ1) is 11.8. The number of para-hydroxylation sites is 1. The van der Waals surface area contributed by atoms with Crippen molar-refractivity contribution in [2.75, 3.05) is 26.7 Å². The molecule has 1 atom stereocenters. The highest BCUT2D eigenvalue weighted by Gasteiger charge is 2.30. The molecule has 0 bridgehead atoms. The molecular formula is C21H34N2O2. The molecule has 0 spiro atoms. The van der Waals surface area contributed by atoms with Crippen LogP contribution in [0.3, 0.4) is 0 Å². The van der Waals surface area contributed by atoms with E-state index in [1.54, 1.807) is 7.11 Å². The fraction of sp³-hybridized carbons (Fsp3) is 0.667. The number of likely N-dealkylation sites (tertiary alicyclic amines) is 1. The van der Waals surface area contributed by atoms with Gasteiger partial charge in [0.05, 0.1) is 7.11 Å². The third-order valence-electron chi connectivity index (χ3n) is 5.44. The third-order valence-corrected chi connectivity index (χ3v) is 5.44. The van der Waals surface area contributed by atoms with Gasteiger partial charge in [-0.15, -0.1) is 0 Å². The zero-order valence-corrected chi connectivity index (χ0v) is 16.5. The van der Waals surface area contributed by atoms with Crippen LogP contribution in [0.2, 0.25) is 0 Å². The lowest BCUT2D eigenvalue weighted by molar-refractivity contribution is -0.129. The van der Waals surface area contributed by atoms with Crippen LogP contribution in [0.5, 0.6) is 5.75 Å². The molecule has 0 saturated carbocycles. The predicted molar refractivity (Wildman–Crippen MR) is 103 cm³/mol. The highest BCUT2D eigenvalue weighted by Crippen LogP contribution is 2.28. The molecule has 0 aromatic heterocycles. The summed E-state index contributed by atoms with van der Waals surface area (Å²) in [6.45, 7) is 11.5. The van der Waals surface area contributed by atoms with Crippen molar-refractivity contribution >= 4 is 5.91 Å². The molecule has 140 valence electrons. The average Bonchev–Trinajstić information content (AvgIpc) is 2.60. The van der Waals surface area contributed by atoms with Gasteiger partial charge in [0.2, 0.25) is 5.91 Å². The Morgan fingerprint density at radius 1 is 1.32 bits per heavy atom. The lowest BCUT2D eigenvalue weighted by Crippen LogP contribution is -2.48. The Bertz CT molecular complexity index is 563. The minimum atomic E-state index is -0.467. The first kappa shape index (κ1) is 19.8. The largest absolute Gasteiger partial charge is 0.496 e. The van der Waals surface area contributed by atoms with Gasteiger partial charge in [0.25, 0.3) is 0 Å². The number of ether oxygens (including phenoxy) is 1. The van der Waals surface area contributed by atoms with E-state index >= 15 is 0 Å². The number of amides is 1. The van der Waals surface area contributed by atoms with Crippen molar-refractivity contribution in [2.24, 2.45) is 11.3 Å². The summed E-state index contributed by atoms with van der Waals surface area (Å²) >= 11 is 0. The predicted octanol–water partition coefficient (Wildman–Crippen LogP) is 3.50. The number of methoxy groups -OCH3 is 1. The molecule has 1 saturated heterocycles. The van der Waals surface area contributed by atoms with Crippen LogP contribution in [-0.4, -0.2) is 43.6 Å². The summed E-state index contributed by atoms with van der Waals surface area (Å²) in [7, 11) is 1.67. The molecule has 1 aromatic carbocycles. The van der Waals surface area contributed by atoms with E-state index in [1.165, 1.54) is 12.8 Å². The Labute approximate surface area is 152 Å². The Balaban J connectivity index is 1.88.